The van der Waals surface area contributed by atoms with Gasteiger partial charge in [0.05, 0.1) is 6.04 Å². The zero-order valence-corrected chi connectivity index (χ0v) is 6.67. The average molecular weight is 155 g/mol. The molecule has 0 aliphatic carbocycles. The molecule has 0 radical (unpaired) electrons. The lowest BCUT2D eigenvalue weighted by Gasteiger charge is -2.09. The summed E-state index contributed by atoms with van der Waals surface area (Å²) in [5, 5.41) is 2.73. The van der Waals surface area contributed by atoms with Crippen molar-refractivity contribution in [2.45, 2.75) is 31.9 Å². The van der Waals surface area contributed by atoms with E-state index in [-0.39, 0.29) is 18.2 Å². The van der Waals surface area contributed by atoms with E-state index in [1.54, 1.807) is 0 Å². The average Bonchev–Trinajstić information content (AvgIpc) is 2.26. The molecule has 3 heteroatoms. The van der Waals surface area contributed by atoms with Gasteiger partial charge in [0, 0.05) is 0 Å². The topological polar surface area (TPSA) is 38.3 Å². The standard InChI is InChI=1S/C8H13NO2/c1-3-4-5-7-6(2)11-8(10)9-7/h3,6-7H,1,4-5H2,2H3,(H,9,10)/t6-,7+/m1/s1. The van der Waals surface area contributed by atoms with E-state index in [1.165, 1.54) is 0 Å². The molecule has 0 aromatic carbocycles. The molecular formula is C8H13NO2. The van der Waals surface area contributed by atoms with Gasteiger partial charge in [-0.1, -0.05) is 6.08 Å². The van der Waals surface area contributed by atoms with Crippen LogP contribution in [-0.4, -0.2) is 18.2 Å². The number of amides is 1. The Bertz CT molecular complexity index is 167. The van der Waals surface area contributed by atoms with Gasteiger partial charge in [0.2, 0.25) is 0 Å². The Balaban J connectivity index is 2.34. The lowest BCUT2D eigenvalue weighted by Crippen LogP contribution is -2.29. The van der Waals surface area contributed by atoms with Crippen LogP contribution in [0.15, 0.2) is 12.7 Å². The van der Waals surface area contributed by atoms with Crippen molar-refractivity contribution in [3.05, 3.63) is 12.7 Å². The molecule has 62 valence electrons. The normalized spacial score (nSPS) is 29.4. The predicted molar refractivity (Wildman–Crippen MR) is 42.3 cm³/mol. The Labute approximate surface area is 66.4 Å². The number of allylic oxidation sites excluding steroid dienone is 1. The van der Waals surface area contributed by atoms with E-state index in [0.717, 1.165) is 12.8 Å². The minimum atomic E-state index is -0.299. The molecule has 3 nitrogen and oxygen atoms in total. The lowest BCUT2D eigenvalue weighted by atomic mass is 10.1. The molecule has 1 aliphatic heterocycles. The Kier molecular flexibility index (Phi) is 2.52. The fourth-order valence-electron chi connectivity index (χ4n) is 1.16. The van der Waals surface area contributed by atoms with Gasteiger partial charge in [-0.15, -0.1) is 6.58 Å². The van der Waals surface area contributed by atoms with Crippen LogP contribution in [0.1, 0.15) is 19.8 Å². The minimum absolute atomic E-state index is 0.00227. The number of alkyl carbamates (subject to hydrolysis) is 1. The van der Waals surface area contributed by atoms with Crippen LogP contribution in [-0.2, 0) is 4.74 Å². The maximum atomic E-state index is 10.7. The van der Waals surface area contributed by atoms with Crippen LogP contribution < -0.4 is 5.32 Å². The Morgan fingerprint density at radius 3 is 3.00 bits per heavy atom. The molecule has 0 saturated carbocycles. The number of carbonyl (C=O) groups excluding carboxylic acids is 1. The van der Waals surface area contributed by atoms with Crippen LogP contribution in [0.25, 0.3) is 0 Å². The molecule has 0 unspecified atom stereocenters. The van der Waals surface area contributed by atoms with E-state index in [4.69, 9.17) is 4.74 Å². The Morgan fingerprint density at radius 2 is 2.55 bits per heavy atom. The molecule has 0 aromatic heterocycles. The Hall–Kier alpha value is -0.990. The first-order chi connectivity index (χ1) is 5.24. The van der Waals surface area contributed by atoms with Gasteiger partial charge in [-0.2, -0.15) is 0 Å². The highest BCUT2D eigenvalue weighted by molar-refractivity contribution is 5.70. The summed E-state index contributed by atoms with van der Waals surface area (Å²) in [6.07, 6.45) is 3.38. The van der Waals surface area contributed by atoms with Crippen molar-refractivity contribution >= 4 is 6.09 Å². The number of cyclic esters (lactones) is 1. The first-order valence-corrected chi connectivity index (χ1v) is 3.82. The third-order valence-electron chi connectivity index (χ3n) is 1.84. The highest BCUT2D eigenvalue weighted by Gasteiger charge is 2.29. The monoisotopic (exact) mass is 155 g/mol. The molecule has 1 fully saturated rings. The number of ether oxygens (including phenoxy) is 1. The Morgan fingerprint density at radius 1 is 1.82 bits per heavy atom. The van der Waals surface area contributed by atoms with Gasteiger partial charge in [0.1, 0.15) is 6.10 Å². The second-order valence-corrected chi connectivity index (χ2v) is 2.73. The zero-order valence-electron chi connectivity index (χ0n) is 6.67. The van der Waals surface area contributed by atoms with E-state index >= 15 is 0 Å². The molecule has 1 amide bonds. The van der Waals surface area contributed by atoms with Crippen molar-refractivity contribution in [2.24, 2.45) is 0 Å². The van der Waals surface area contributed by atoms with Crippen LogP contribution in [0.5, 0.6) is 0 Å². The molecule has 2 atom stereocenters. The number of rotatable bonds is 3. The van der Waals surface area contributed by atoms with Crippen LogP contribution in [0.2, 0.25) is 0 Å². The summed E-state index contributed by atoms with van der Waals surface area (Å²) in [7, 11) is 0. The van der Waals surface area contributed by atoms with Crippen LogP contribution in [0.4, 0.5) is 4.79 Å². The van der Waals surface area contributed by atoms with E-state index < -0.39 is 0 Å². The molecule has 1 aliphatic rings. The first kappa shape index (κ1) is 8.11. The molecule has 0 aromatic rings. The van der Waals surface area contributed by atoms with Crippen molar-refractivity contribution in [3.63, 3.8) is 0 Å². The summed E-state index contributed by atoms with van der Waals surface area (Å²) in [5.74, 6) is 0. The van der Waals surface area contributed by atoms with Crippen molar-refractivity contribution in [1.29, 1.82) is 0 Å². The second-order valence-electron chi connectivity index (χ2n) is 2.73. The molecular weight excluding hydrogens is 142 g/mol. The third kappa shape index (κ3) is 1.97. The maximum Gasteiger partial charge on any atom is 0.407 e. The molecule has 1 saturated heterocycles. The largest absolute Gasteiger partial charge is 0.444 e. The van der Waals surface area contributed by atoms with Crippen molar-refractivity contribution in [3.8, 4) is 0 Å². The van der Waals surface area contributed by atoms with Gasteiger partial charge in [-0.3, -0.25) is 0 Å². The third-order valence-corrected chi connectivity index (χ3v) is 1.84. The summed E-state index contributed by atoms with van der Waals surface area (Å²) in [4.78, 5) is 10.7. The highest BCUT2D eigenvalue weighted by Crippen LogP contribution is 2.12. The second kappa shape index (κ2) is 3.42. The van der Waals surface area contributed by atoms with E-state index in [0.29, 0.717) is 0 Å². The van der Waals surface area contributed by atoms with Crippen molar-refractivity contribution in [1.82, 2.24) is 5.32 Å². The molecule has 1 heterocycles. The summed E-state index contributed by atoms with van der Waals surface area (Å²) in [6, 6.07) is 0.167. The highest BCUT2D eigenvalue weighted by atomic mass is 16.6. The van der Waals surface area contributed by atoms with Gasteiger partial charge in [-0.05, 0) is 19.8 Å². The number of nitrogens with one attached hydrogen (secondary N) is 1. The fraction of sp³-hybridized carbons (Fsp3) is 0.625. The summed E-state index contributed by atoms with van der Waals surface area (Å²) < 4.78 is 4.89. The molecule has 1 N–H and O–H groups in total. The zero-order chi connectivity index (χ0) is 8.27. The number of carbonyl (C=O) groups is 1. The molecule has 0 bridgehead atoms. The van der Waals surface area contributed by atoms with Gasteiger partial charge < -0.3 is 10.1 Å². The van der Waals surface area contributed by atoms with Crippen LogP contribution in [0, 0.1) is 0 Å². The molecule has 0 spiro atoms. The number of hydrogen-bond acceptors (Lipinski definition) is 2. The predicted octanol–water partition coefficient (Wildman–Crippen LogP) is 1.45. The van der Waals surface area contributed by atoms with E-state index in [2.05, 4.69) is 11.9 Å². The summed E-state index contributed by atoms with van der Waals surface area (Å²) >= 11 is 0. The first-order valence-electron chi connectivity index (χ1n) is 3.82. The quantitative estimate of drug-likeness (QED) is 0.626. The molecule has 1 rings (SSSR count). The summed E-state index contributed by atoms with van der Waals surface area (Å²) in [6.45, 7) is 5.51. The van der Waals surface area contributed by atoms with Crippen molar-refractivity contribution in [2.75, 3.05) is 0 Å². The lowest BCUT2D eigenvalue weighted by molar-refractivity contribution is 0.140. The smallest absolute Gasteiger partial charge is 0.407 e. The summed E-state index contributed by atoms with van der Waals surface area (Å²) in [5.41, 5.74) is 0. The van der Waals surface area contributed by atoms with Crippen LogP contribution >= 0.6 is 0 Å². The number of hydrogen-bond donors (Lipinski definition) is 1. The van der Waals surface area contributed by atoms with Gasteiger partial charge in [0.25, 0.3) is 0 Å². The van der Waals surface area contributed by atoms with Crippen molar-refractivity contribution < 1.29 is 9.53 Å². The van der Waals surface area contributed by atoms with Gasteiger partial charge in [0.15, 0.2) is 0 Å². The SMILES string of the molecule is C=CCC[C@@H]1NC(=O)O[C@@H]1C. The minimum Gasteiger partial charge on any atom is -0.444 e. The molecule has 11 heavy (non-hydrogen) atoms. The fourth-order valence-corrected chi connectivity index (χ4v) is 1.16. The van der Waals surface area contributed by atoms with Gasteiger partial charge >= 0.3 is 6.09 Å². The van der Waals surface area contributed by atoms with Gasteiger partial charge in [-0.25, -0.2) is 4.79 Å². The van der Waals surface area contributed by atoms with E-state index in [9.17, 15) is 4.79 Å². The maximum absolute atomic E-state index is 10.7. The van der Waals surface area contributed by atoms with E-state index in [1.807, 2.05) is 13.0 Å². The van der Waals surface area contributed by atoms with Crippen LogP contribution in [0.3, 0.4) is 0 Å².